The minimum Gasteiger partial charge on any atom is -0.494 e. The average molecular weight is 313 g/mol. The molecule has 0 saturated carbocycles. The Morgan fingerprint density at radius 2 is 1.94 bits per heavy atom. The molecule has 0 spiro atoms. The topological polar surface area (TPSA) is 26.3 Å². The van der Waals surface area contributed by atoms with Crippen molar-refractivity contribution in [1.29, 1.82) is 0 Å². The van der Waals surface area contributed by atoms with E-state index in [1.54, 1.807) is 0 Å². The molecule has 0 N–H and O–H groups in total. The Morgan fingerprint density at radius 3 is 2.44 bits per heavy atom. The number of aryl methyl sites for hydroxylation is 2. The maximum atomic E-state index is 11.4. The molecule has 100 valence electrons. The number of ether oxygens (including phenoxy) is 1. The summed E-state index contributed by atoms with van der Waals surface area (Å²) in [4.78, 5) is 11.4. The molecule has 0 bridgehead atoms. The standard InChI is InChI=1S/C15H21BrO2/c1-6-18-12-8-10(2)7-11(3)14(12)15(4,5)9-13(16)17/h7-8H,6,9H2,1-5H3. The van der Waals surface area contributed by atoms with Crippen molar-refractivity contribution in [1.82, 2.24) is 0 Å². The average Bonchev–Trinajstić information content (AvgIpc) is 2.13. The van der Waals surface area contributed by atoms with Crippen LogP contribution in [0.3, 0.4) is 0 Å². The number of rotatable bonds is 5. The molecule has 0 fully saturated rings. The van der Waals surface area contributed by atoms with Crippen molar-refractivity contribution in [2.45, 2.75) is 46.5 Å². The van der Waals surface area contributed by atoms with E-state index in [1.165, 1.54) is 11.1 Å². The summed E-state index contributed by atoms with van der Waals surface area (Å²) in [6.07, 6.45) is 0.455. The van der Waals surface area contributed by atoms with Crippen LogP contribution in [0.15, 0.2) is 12.1 Å². The van der Waals surface area contributed by atoms with Crippen LogP contribution in [0.25, 0.3) is 0 Å². The first-order chi connectivity index (χ1) is 8.27. The summed E-state index contributed by atoms with van der Waals surface area (Å²) in [5.41, 5.74) is 3.25. The van der Waals surface area contributed by atoms with E-state index >= 15 is 0 Å². The molecule has 0 atom stereocenters. The number of benzene rings is 1. The molecule has 0 amide bonds. The van der Waals surface area contributed by atoms with Gasteiger partial charge in [0, 0.05) is 17.4 Å². The summed E-state index contributed by atoms with van der Waals surface area (Å²) < 4.78 is 5.76. The Balaban J connectivity index is 3.32. The van der Waals surface area contributed by atoms with Crippen LogP contribution in [0.4, 0.5) is 0 Å². The van der Waals surface area contributed by atoms with Gasteiger partial charge in [-0.1, -0.05) is 19.9 Å². The maximum Gasteiger partial charge on any atom is 0.198 e. The van der Waals surface area contributed by atoms with Gasteiger partial charge in [-0.25, -0.2) is 0 Å². The first-order valence-electron chi connectivity index (χ1n) is 6.20. The Kier molecular flexibility index (Phi) is 4.97. The van der Waals surface area contributed by atoms with Crippen LogP contribution < -0.4 is 4.74 Å². The number of halogens is 1. The molecule has 1 aromatic rings. The van der Waals surface area contributed by atoms with E-state index in [9.17, 15) is 4.79 Å². The molecule has 0 radical (unpaired) electrons. The van der Waals surface area contributed by atoms with Gasteiger partial charge in [0.15, 0.2) is 4.69 Å². The van der Waals surface area contributed by atoms with E-state index in [0.29, 0.717) is 13.0 Å². The third-order valence-electron chi connectivity index (χ3n) is 3.00. The Labute approximate surface area is 118 Å². The summed E-state index contributed by atoms with van der Waals surface area (Å²) >= 11 is 3.03. The first-order valence-corrected chi connectivity index (χ1v) is 7.00. The summed E-state index contributed by atoms with van der Waals surface area (Å²) in [5, 5.41) is 0. The van der Waals surface area contributed by atoms with Gasteiger partial charge in [0.05, 0.1) is 6.61 Å². The largest absolute Gasteiger partial charge is 0.494 e. The van der Waals surface area contributed by atoms with Crippen molar-refractivity contribution in [3.8, 4) is 5.75 Å². The molecule has 0 unspecified atom stereocenters. The number of hydrogen-bond donors (Lipinski definition) is 0. The number of carbonyl (C=O) groups is 1. The second-order valence-electron chi connectivity index (χ2n) is 5.30. The van der Waals surface area contributed by atoms with Gasteiger partial charge in [-0.3, -0.25) is 4.79 Å². The van der Waals surface area contributed by atoms with Crippen LogP contribution in [0.1, 0.15) is 43.9 Å². The molecule has 18 heavy (non-hydrogen) atoms. The molecular formula is C15H21BrO2. The highest BCUT2D eigenvalue weighted by Gasteiger charge is 2.28. The molecule has 0 heterocycles. The highest BCUT2D eigenvalue weighted by atomic mass is 79.9. The SMILES string of the molecule is CCOc1cc(C)cc(C)c1C(C)(C)CC(=O)Br. The maximum absolute atomic E-state index is 11.4. The summed E-state index contributed by atoms with van der Waals surface area (Å²) in [5.74, 6) is 0.897. The van der Waals surface area contributed by atoms with Crippen molar-refractivity contribution >= 4 is 20.6 Å². The van der Waals surface area contributed by atoms with E-state index in [0.717, 1.165) is 11.3 Å². The third-order valence-corrected chi connectivity index (χ3v) is 3.28. The molecule has 0 aliphatic carbocycles. The lowest BCUT2D eigenvalue weighted by Crippen LogP contribution is -2.22. The quantitative estimate of drug-likeness (QED) is 0.758. The molecule has 0 aliphatic heterocycles. The second kappa shape index (κ2) is 5.87. The van der Waals surface area contributed by atoms with Gasteiger partial charge in [0.25, 0.3) is 0 Å². The van der Waals surface area contributed by atoms with Gasteiger partial charge in [-0.05, 0) is 53.9 Å². The Hall–Kier alpha value is -0.830. The van der Waals surface area contributed by atoms with Crippen LogP contribution in [-0.4, -0.2) is 11.3 Å². The molecule has 1 aromatic carbocycles. The molecule has 2 nitrogen and oxygen atoms in total. The molecule has 0 aromatic heterocycles. The van der Waals surface area contributed by atoms with Crippen molar-refractivity contribution in [2.75, 3.05) is 6.61 Å². The van der Waals surface area contributed by atoms with E-state index in [1.807, 2.05) is 13.0 Å². The van der Waals surface area contributed by atoms with Crippen LogP contribution in [0.2, 0.25) is 0 Å². The normalized spacial score (nSPS) is 11.4. The van der Waals surface area contributed by atoms with Crippen molar-refractivity contribution < 1.29 is 9.53 Å². The van der Waals surface area contributed by atoms with Crippen LogP contribution in [0.5, 0.6) is 5.75 Å². The van der Waals surface area contributed by atoms with E-state index < -0.39 is 0 Å². The minimum atomic E-state index is -0.233. The van der Waals surface area contributed by atoms with Gasteiger partial charge in [-0.15, -0.1) is 0 Å². The zero-order valence-corrected chi connectivity index (χ0v) is 13.3. The van der Waals surface area contributed by atoms with Gasteiger partial charge in [-0.2, -0.15) is 0 Å². The highest BCUT2D eigenvalue weighted by molar-refractivity contribution is 9.18. The van der Waals surface area contributed by atoms with Crippen LogP contribution in [0, 0.1) is 13.8 Å². The van der Waals surface area contributed by atoms with E-state index in [2.05, 4.69) is 49.7 Å². The third kappa shape index (κ3) is 3.58. The zero-order chi connectivity index (χ0) is 13.9. The predicted octanol–water partition coefficient (Wildman–Crippen LogP) is 4.29. The lowest BCUT2D eigenvalue weighted by Gasteiger charge is -2.28. The van der Waals surface area contributed by atoms with E-state index in [4.69, 9.17) is 4.74 Å². The highest BCUT2D eigenvalue weighted by Crippen LogP contribution is 2.38. The zero-order valence-electron chi connectivity index (χ0n) is 11.8. The fourth-order valence-corrected chi connectivity index (χ4v) is 3.20. The fraction of sp³-hybridized carbons (Fsp3) is 0.533. The number of carbonyl (C=O) groups excluding carboxylic acids is 1. The lowest BCUT2D eigenvalue weighted by molar-refractivity contribution is -0.111. The molecule has 1 rings (SSSR count). The summed E-state index contributed by atoms with van der Waals surface area (Å²) in [6, 6.07) is 4.19. The van der Waals surface area contributed by atoms with Crippen molar-refractivity contribution in [3.63, 3.8) is 0 Å². The molecule has 0 saturated heterocycles. The Morgan fingerprint density at radius 1 is 1.33 bits per heavy atom. The van der Waals surface area contributed by atoms with Gasteiger partial charge in [0.2, 0.25) is 0 Å². The van der Waals surface area contributed by atoms with E-state index in [-0.39, 0.29) is 10.1 Å². The molecule has 0 aliphatic rings. The second-order valence-corrected chi connectivity index (χ2v) is 6.19. The van der Waals surface area contributed by atoms with Crippen LogP contribution in [-0.2, 0) is 10.2 Å². The van der Waals surface area contributed by atoms with Gasteiger partial charge >= 0.3 is 0 Å². The lowest BCUT2D eigenvalue weighted by atomic mass is 9.78. The first kappa shape index (κ1) is 15.2. The summed E-state index contributed by atoms with van der Waals surface area (Å²) in [6.45, 7) is 10.9. The van der Waals surface area contributed by atoms with Crippen molar-refractivity contribution in [2.24, 2.45) is 0 Å². The number of hydrogen-bond acceptors (Lipinski definition) is 2. The van der Waals surface area contributed by atoms with Crippen molar-refractivity contribution in [3.05, 3.63) is 28.8 Å². The minimum absolute atomic E-state index is 0.0231. The summed E-state index contributed by atoms with van der Waals surface area (Å²) in [7, 11) is 0. The van der Waals surface area contributed by atoms with Gasteiger partial charge < -0.3 is 4.74 Å². The molecular weight excluding hydrogens is 292 g/mol. The smallest absolute Gasteiger partial charge is 0.198 e. The Bertz CT molecular complexity index is 450. The monoisotopic (exact) mass is 312 g/mol. The fourth-order valence-electron chi connectivity index (χ4n) is 2.50. The predicted molar refractivity (Wildman–Crippen MR) is 78.7 cm³/mol. The van der Waals surface area contributed by atoms with Crippen LogP contribution >= 0.6 is 15.9 Å². The van der Waals surface area contributed by atoms with Gasteiger partial charge in [0.1, 0.15) is 5.75 Å². The molecule has 3 heteroatoms.